The van der Waals surface area contributed by atoms with Gasteiger partial charge in [-0.3, -0.25) is 14.5 Å². The average Bonchev–Trinajstić information content (AvgIpc) is 3.08. The Morgan fingerprint density at radius 2 is 1.74 bits per heavy atom. The lowest BCUT2D eigenvalue weighted by Gasteiger charge is -2.35. The number of amides is 4. The molecule has 0 bridgehead atoms. The summed E-state index contributed by atoms with van der Waals surface area (Å²) in [6.45, 7) is 2.33. The molecule has 1 N–H and O–H groups in total. The molecule has 11 heteroatoms. The van der Waals surface area contributed by atoms with Crippen LogP contribution in [0.1, 0.15) is 44.6 Å². The highest BCUT2D eigenvalue weighted by Crippen LogP contribution is 2.37. The second-order valence-corrected chi connectivity index (χ2v) is 11.1. The lowest BCUT2D eigenvalue weighted by molar-refractivity contribution is -0.140. The van der Waals surface area contributed by atoms with E-state index in [1.165, 1.54) is 33.5 Å². The summed E-state index contributed by atoms with van der Waals surface area (Å²) in [5, 5.41) is 11.7. The summed E-state index contributed by atoms with van der Waals surface area (Å²) in [7, 11) is -3.74. The summed E-state index contributed by atoms with van der Waals surface area (Å²) in [6.07, 6.45) is 3.98. The normalized spacial score (nSPS) is 25.9. The van der Waals surface area contributed by atoms with Gasteiger partial charge < -0.3 is 10.2 Å². The van der Waals surface area contributed by atoms with E-state index in [0.29, 0.717) is 24.3 Å². The maximum atomic E-state index is 13.1. The minimum absolute atomic E-state index is 0.0914. The first kappa shape index (κ1) is 24.2. The molecular weight excluding hydrogens is 458 g/mol. The first-order valence-corrected chi connectivity index (χ1v) is 13.1. The van der Waals surface area contributed by atoms with Crippen molar-refractivity contribution in [2.45, 2.75) is 49.5 Å². The second kappa shape index (κ2) is 9.35. The van der Waals surface area contributed by atoms with Crippen LogP contribution < -0.4 is 5.32 Å². The van der Waals surface area contributed by atoms with Gasteiger partial charge in [0.2, 0.25) is 15.9 Å². The Morgan fingerprint density at radius 3 is 2.29 bits per heavy atom. The van der Waals surface area contributed by atoms with Crippen LogP contribution in [0.5, 0.6) is 0 Å². The topological polar surface area (TPSA) is 131 Å². The molecule has 2 saturated heterocycles. The SMILES string of the molecule is CCC1CCC2(CC1)NC(=O)N(CC(=O)N1CCN(S(=O)(=O)c3ccc(C#N)cc3)CC1)C2=O. The fourth-order valence-electron chi connectivity index (χ4n) is 5.00. The predicted molar refractivity (Wildman–Crippen MR) is 122 cm³/mol. The number of carbonyl (C=O) groups is 3. The summed E-state index contributed by atoms with van der Waals surface area (Å²) in [5.74, 6) is -0.150. The molecule has 0 atom stereocenters. The zero-order valence-corrected chi connectivity index (χ0v) is 20.0. The molecule has 3 fully saturated rings. The van der Waals surface area contributed by atoms with Crippen LogP contribution in [-0.4, -0.2) is 78.6 Å². The number of sulfonamides is 1. The van der Waals surface area contributed by atoms with E-state index in [2.05, 4.69) is 12.2 Å². The van der Waals surface area contributed by atoms with E-state index in [1.54, 1.807) is 0 Å². The minimum Gasteiger partial charge on any atom is -0.338 e. The summed E-state index contributed by atoms with van der Waals surface area (Å²) < 4.78 is 27.1. The highest BCUT2D eigenvalue weighted by molar-refractivity contribution is 7.89. The lowest BCUT2D eigenvalue weighted by Crippen LogP contribution is -2.53. The molecule has 0 unspecified atom stereocenters. The number of nitrogens with zero attached hydrogens (tertiary/aromatic N) is 4. The number of hydrogen-bond donors (Lipinski definition) is 1. The van der Waals surface area contributed by atoms with Crippen molar-refractivity contribution in [3.05, 3.63) is 29.8 Å². The summed E-state index contributed by atoms with van der Waals surface area (Å²) >= 11 is 0. The number of carbonyl (C=O) groups excluding carboxylic acids is 3. The van der Waals surface area contributed by atoms with Crippen LogP contribution in [0, 0.1) is 17.2 Å². The van der Waals surface area contributed by atoms with Gasteiger partial charge in [-0.25, -0.2) is 13.2 Å². The Bertz CT molecular complexity index is 1110. The first-order chi connectivity index (χ1) is 16.2. The molecule has 2 aliphatic heterocycles. The molecule has 1 spiro atoms. The van der Waals surface area contributed by atoms with Crippen LogP contribution in [-0.2, 0) is 19.6 Å². The van der Waals surface area contributed by atoms with Gasteiger partial charge in [-0.2, -0.15) is 9.57 Å². The van der Waals surface area contributed by atoms with Gasteiger partial charge >= 0.3 is 6.03 Å². The fraction of sp³-hybridized carbons (Fsp3) is 0.565. The number of nitriles is 1. The molecule has 1 aliphatic carbocycles. The van der Waals surface area contributed by atoms with Gasteiger partial charge in [0, 0.05) is 26.2 Å². The minimum atomic E-state index is -3.74. The molecule has 0 aromatic heterocycles. The van der Waals surface area contributed by atoms with Crippen LogP contribution in [0.15, 0.2) is 29.2 Å². The number of urea groups is 1. The summed E-state index contributed by atoms with van der Waals surface area (Å²) in [5.41, 5.74) is -0.522. The highest BCUT2D eigenvalue weighted by Gasteiger charge is 2.52. The van der Waals surface area contributed by atoms with Gasteiger partial charge in [-0.15, -0.1) is 0 Å². The average molecular weight is 488 g/mol. The van der Waals surface area contributed by atoms with E-state index < -0.39 is 21.6 Å². The van der Waals surface area contributed by atoms with Crippen LogP contribution in [0.3, 0.4) is 0 Å². The molecule has 4 rings (SSSR count). The summed E-state index contributed by atoms with van der Waals surface area (Å²) in [4.78, 5) is 41.0. The molecule has 1 saturated carbocycles. The van der Waals surface area contributed by atoms with Crippen molar-refractivity contribution >= 4 is 27.9 Å². The Balaban J connectivity index is 1.34. The van der Waals surface area contributed by atoms with Gasteiger partial charge in [0.15, 0.2) is 0 Å². The highest BCUT2D eigenvalue weighted by atomic mass is 32.2. The second-order valence-electron chi connectivity index (χ2n) is 9.18. The predicted octanol–water partition coefficient (Wildman–Crippen LogP) is 1.28. The molecule has 34 heavy (non-hydrogen) atoms. The van der Waals surface area contributed by atoms with E-state index in [9.17, 15) is 22.8 Å². The Hall–Kier alpha value is -2.97. The van der Waals surface area contributed by atoms with Crippen molar-refractivity contribution < 1.29 is 22.8 Å². The molecule has 1 aromatic rings. The van der Waals surface area contributed by atoms with Gasteiger partial charge in [0.05, 0.1) is 16.5 Å². The third kappa shape index (κ3) is 4.40. The van der Waals surface area contributed by atoms with Crippen molar-refractivity contribution in [2.24, 2.45) is 5.92 Å². The maximum absolute atomic E-state index is 13.1. The van der Waals surface area contributed by atoms with Crippen LogP contribution >= 0.6 is 0 Å². The molecule has 2 heterocycles. The lowest BCUT2D eigenvalue weighted by atomic mass is 9.75. The molecular formula is C23H29N5O5S. The number of imide groups is 1. The van der Waals surface area contributed by atoms with Gasteiger partial charge in [-0.05, 0) is 55.9 Å². The zero-order chi connectivity index (χ0) is 24.5. The number of nitrogens with one attached hydrogen (secondary N) is 1. The number of benzene rings is 1. The van der Waals surface area contributed by atoms with Crippen molar-refractivity contribution in [3.8, 4) is 6.07 Å². The van der Waals surface area contributed by atoms with E-state index in [0.717, 1.165) is 24.2 Å². The van der Waals surface area contributed by atoms with Crippen molar-refractivity contribution in [1.82, 2.24) is 19.4 Å². The fourth-order valence-corrected chi connectivity index (χ4v) is 6.42. The van der Waals surface area contributed by atoms with Gasteiger partial charge in [0.1, 0.15) is 12.1 Å². The number of rotatable bonds is 5. The van der Waals surface area contributed by atoms with Crippen molar-refractivity contribution in [1.29, 1.82) is 5.26 Å². The molecule has 3 aliphatic rings. The van der Waals surface area contributed by atoms with Crippen molar-refractivity contribution in [2.75, 3.05) is 32.7 Å². The Labute approximate surface area is 199 Å². The first-order valence-electron chi connectivity index (χ1n) is 11.6. The molecule has 0 radical (unpaired) electrons. The monoisotopic (exact) mass is 487 g/mol. The third-order valence-corrected chi connectivity index (χ3v) is 9.20. The number of hydrogen-bond acceptors (Lipinski definition) is 6. The maximum Gasteiger partial charge on any atom is 0.325 e. The molecule has 10 nitrogen and oxygen atoms in total. The quantitative estimate of drug-likeness (QED) is 0.623. The Morgan fingerprint density at radius 1 is 1.12 bits per heavy atom. The van der Waals surface area contributed by atoms with Crippen molar-refractivity contribution in [3.63, 3.8) is 0 Å². The van der Waals surface area contributed by atoms with E-state index in [-0.39, 0.29) is 49.4 Å². The molecule has 4 amide bonds. The molecule has 182 valence electrons. The summed E-state index contributed by atoms with van der Waals surface area (Å²) in [6, 6.07) is 7.11. The number of piperazine rings is 1. The van der Waals surface area contributed by atoms with Gasteiger partial charge in [0.25, 0.3) is 5.91 Å². The van der Waals surface area contributed by atoms with Gasteiger partial charge in [-0.1, -0.05) is 13.3 Å². The Kier molecular flexibility index (Phi) is 6.64. The van der Waals surface area contributed by atoms with E-state index >= 15 is 0 Å². The van der Waals surface area contributed by atoms with Crippen LogP contribution in [0.4, 0.5) is 4.79 Å². The third-order valence-electron chi connectivity index (χ3n) is 7.29. The van der Waals surface area contributed by atoms with Crippen LogP contribution in [0.25, 0.3) is 0 Å². The van der Waals surface area contributed by atoms with E-state index in [1.807, 2.05) is 6.07 Å². The largest absolute Gasteiger partial charge is 0.338 e. The zero-order valence-electron chi connectivity index (χ0n) is 19.2. The van der Waals surface area contributed by atoms with E-state index in [4.69, 9.17) is 5.26 Å². The smallest absolute Gasteiger partial charge is 0.325 e. The standard InChI is InChI=1S/C23H29N5O5S/c1-2-17-7-9-23(10-8-17)21(30)28(22(31)25-23)16-20(29)26-11-13-27(14-12-26)34(32,33)19-5-3-18(15-24)4-6-19/h3-6,17H,2,7-14,16H2,1H3,(H,25,31). The van der Waals surface area contributed by atoms with Crippen LogP contribution in [0.2, 0.25) is 0 Å². The molecule has 1 aromatic carbocycles.